The number of halogens is 2. The molecule has 0 unspecified atom stereocenters. The van der Waals surface area contributed by atoms with Gasteiger partial charge < -0.3 is 10.5 Å². The molecule has 0 aliphatic carbocycles. The monoisotopic (exact) mass is 277 g/mol. The molecule has 0 aliphatic heterocycles. The number of ether oxygens (including phenoxy) is 1. The van der Waals surface area contributed by atoms with Crippen molar-refractivity contribution in [2.75, 3.05) is 5.73 Å². The van der Waals surface area contributed by atoms with Gasteiger partial charge >= 0.3 is 5.97 Å². The largest absolute Gasteiger partial charge is 0.457 e. The second kappa shape index (κ2) is 5.69. The Bertz CT molecular complexity index is 656. The van der Waals surface area contributed by atoms with Crippen molar-refractivity contribution >= 4 is 11.7 Å². The van der Waals surface area contributed by atoms with E-state index >= 15 is 0 Å². The lowest BCUT2D eigenvalue weighted by atomic mass is 10.1. The summed E-state index contributed by atoms with van der Waals surface area (Å²) in [5.74, 6) is -3.02. The van der Waals surface area contributed by atoms with E-state index in [1.54, 1.807) is 0 Å². The lowest BCUT2D eigenvalue weighted by Gasteiger charge is -2.09. The molecule has 0 aromatic heterocycles. The molecule has 2 aromatic carbocycles. The number of carbonyl (C=O) groups is 1. The molecular weight excluding hydrogens is 264 g/mol. The fraction of sp³-hybridized carbons (Fsp3) is 0.133. The van der Waals surface area contributed by atoms with Gasteiger partial charge in [-0.2, -0.15) is 0 Å². The van der Waals surface area contributed by atoms with Gasteiger partial charge in [-0.3, -0.25) is 0 Å². The van der Waals surface area contributed by atoms with E-state index in [4.69, 9.17) is 10.5 Å². The van der Waals surface area contributed by atoms with Crippen LogP contribution in [-0.4, -0.2) is 5.97 Å². The van der Waals surface area contributed by atoms with Crippen molar-refractivity contribution in [1.82, 2.24) is 0 Å². The Kier molecular flexibility index (Phi) is 3.98. The van der Waals surface area contributed by atoms with Gasteiger partial charge in [0.05, 0.1) is 5.56 Å². The van der Waals surface area contributed by atoms with Crippen molar-refractivity contribution in [3.63, 3.8) is 0 Å². The number of esters is 1. The number of hydrogen-bond donors (Lipinski definition) is 1. The molecule has 0 saturated carbocycles. The minimum absolute atomic E-state index is 0.0456. The molecule has 20 heavy (non-hydrogen) atoms. The van der Waals surface area contributed by atoms with Crippen molar-refractivity contribution in [2.45, 2.75) is 13.5 Å². The van der Waals surface area contributed by atoms with Gasteiger partial charge in [-0.15, -0.1) is 0 Å². The zero-order chi connectivity index (χ0) is 14.7. The third kappa shape index (κ3) is 2.93. The summed E-state index contributed by atoms with van der Waals surface area (Å²) in [5.41, 5.74) is 6.95. The van der Waals surface area contributed by atoms with Crippen LogP contribution in [0.5, 0.6) is 0 Å². The van der Waals surface area contributed by atoms with E-state index in [9.17, 15) is 13.6 Å². The molecular formula is C15H13F2NO2. The SMILES string of the molecule is Cc1ccccc1COC(=O)c1cc(F)c(F)cc1N. The maximum atomic E-state index is 13.1. The first-order valence-corrected chi connectivity index (χ1v) is 5.95. The van der Waals surface area contributed by atoms with Crippen LogP contribution in [0.15, 0.2) is 36.4 Å². The van der Waals surface area contributed by atoms with Crippen molar-refractivity contribution in [1.29, 1.82) is 0 Å². The molecule has 0 heterocycles. The molecule has 2 N–H and O–H groups in total. The van der Waals surface area contributed by atoms with Crippen LogP contribution < -0.4 is 5.73 Å². The maximum Gasteiger partial charge on any atom is 0.340 e. The predicted molar refractivity (Wildman–Crippen MR) is 71.1 cm³/mol. The van der Waals surface area contributed by atoms with Gasteiger partial charge in [0.15, 0.2) is 11.6 Å². The molecule has 0 spiro atoms. The third-order valence-corrected chi connectivity index (χ3v) is 2.93. The van der Waals surface area contributed by atoms with Crippen LogP contribution in [0.2, 0.25) is 0 Å². The number of carbonyl (C=O) groups excluding carboxylic acids is 1. The van der Waals surface area contributed by atoms with Gasteiger partial charge in [-0.25, -0.2) is 13.6 Å². The molecule has 5 heteroatoms. The van der Waals surface area contributed by atoms with Gasteiger partial charge in [-0.1, -0.05) is 24.3 Å². The van der Waals surface area contributed by atoms with Crippen molar-refractivity contribution in [2.24, 2.45) is 0 Å². The fourth-order valence-electron chi connectivity index (χ4n) is 1.73. The van der Waals surface area contributed by atoms with Crippen LogP contribution in [0.3, 0.4) is 0 Å². The second-order valence-electron chi connectivity index (χ2n) is 4.36. The number of nitrogen functional groups attached to an aromatic ring is 1. The highest BCUT2D eigenvalue weighted by molar-refractivity contribution is 5.95. The summed E-state index contributed by atoms with van der Waals surface area (Å²) >= 11 is 0. The van der Waals surface area contributed by atoms with Crippen molar-refractivity contribution in [3.8, 4) is 0 Å². The Hall–Kier alpha value is -2.43. The molecule has 0 saturated heterocycles. The fourth-order valence-corrected chi connectivity index (χ4v) is 1.73. The van der Waals surface area contributed by atoms with E-state index in [0.717, 1.165) is 23.3 Å². The Labute approximate surface area is 115 Å². The van der Waals surface area contributed by atoms with Crippen LogP contribution in [0, 0.1) is 18.6 Å². The van der Waals surface area contributed by atoms with Crippen LogP contribution >= 0.6 is 0 Å². The summed E-state index contributed by atoms with van der Waals surface area (Å²) in [6.07, 6.45) is 0. The van der Waals surface area contributed by atoms with E-state index in [2.05, 4.69) is 0 Å². The number of aryl methyl sites for hydroxylation is 1. The summed E-state index contributed by atoms with van der Waals surface area (Å²) in [6, 6.07) is 8.90. The summed E-state index contributed by atoms with van der Waals surface area (Å²) in [5, 5.41) is 0. The number of hydrogen-bond acceptors (Lipinski definition) is 3. The third-order valence-electron chi connectivity index (χ3n) is 2.93. The maximum absolute atomic E-state index is 13.1. The average molecular weight is 277 g/mol. The van der Waals surface area contributed by atoms with Crippen LogP contribution in [0.25, 0.3) is 0 Å². The summed E-state index contributed by atoms with van der Waals surface area (Å²) < 4.78 is 31.1. The highest BCUT2D eigenvalue weighted by atomic mass is 19.2. The predicted octanol–water partition coefficient (Wildman–Crippen LogP) is 3.21. The highest BCUT2D eigenvalue weighted by Crippen LogP contribution is 2.19. The van der Waals surface area contributed by atoms with E-state index in [0.29, 0.717) is 0 Å². The summed E-state index contributed by atoms with van der Waals surface area (Å²) in [7, 11) is 0. The average Bonchev–Trinajstić information content (AvgIpc) is 2.41. The summed E-state index contributed by atoms with van der Waals surface area (Å²) in [4.78, 5) is 11.8. The Balaban J connectivity index is 2.13. The molecule has 0 fully saturated rings. The standard InChI is InChI=1S/C15H13F2NO2/c1-9-4-2-3-5-10(9)8-20-15(19)11-6-12(16)13(17)7-14(11)18/h2-7H,8,18H2,1H3. The Morgan fingerprint density at radius 3 is 2.55 bits per heavy atom. The first-order valence-electron chi connectivity index (χ1n) is 5.95. The summed E-state index contributed by atoms with van der Waals surface area (Å²) in [6.45, 7) is 1.93. The second-order valence-corrected chi connectivity index (χ2v) is 4.36. The topological polar surface area (TPSA) is 52.3 Å². The number of anilines is 1. The Morgan fingerprint density at radius 2 is 1.85 bits per heavy atom. The van der Waals surface area contributed by atoms with E-state index in [1.807, 2.05) is 31.2 Å². The van der Waals surface area contributed by atoms with Crippen LogP contribution in [-0.2, 0) is 11.3 Å². The van der Waals surface area contributed by atoms with E-state index < -0.39 is 17.6 Å². The lowest BCUT2D eigenvalue weighted by molar-refractivity contribution is 0.0473. The minimum Gasteiger partial charge on any atom is -0.457 e. The molecule has 2 aromatic rings. The zero-order valence-electron chi connectivity index (χ0n) is 10.8. The molecule has 0 aliphatic rings. The van der Waals surface area contributed by atoms with Gasteiger partial charge in [0.1, 0.15) is 6.61 Å². The normalized spacial score (nSPS) is 10.3. The van der Waals surface area contributed by atoms with Crippen molar-refractivity contribution < 1.29 is 18.3 Å². The van der Waals surface area contributed by atoms with Crippen molar-refractivity contribution in [3.05, 3.63) is 64.7 Å². The molecule has 0 amide bonds. The lowest BCUT2D eigenvalue weighted by Crippen LogP contribution is -2.10. The Morgan fingerprint density at radius 1 is 1.20 bits per heavy atom. The van der Waals surface area contributed by atoms with Gasteiger partial charge in [0.2, 0.25) is 0 Å². The molecule has 0 atom stereocenters. The first-order chi connectivity index (χ1) is 9.49. The molecule has 0 bridgehead atoms. The van der Waals surface area contributed by atoms with Gasteiger partial charge in [0, 0.05) is 11.8 Å². The van der Waals surface area contributed by atoms with E-state index in [1.165, 1.54) is 0 Å². The van der Waals surface area contributed by atoms with Gasteiger partial charge in [0.25, 0.3) is 0 Å². The molecule has 0 radical (unpaired) electrons. The van der Waals surface area contributed by atoms with Crippen LogP contribution in [0.1, 0.15) is 21.5 Å². The number of rotatable bonds is 3. The smallest absolute Gasteiger partial charge is 0.340 e. The molecule has 2 rings (SSSR count). The van der Waals surface area contributed by atoms with Crippen LogP contribution in [0.4, 0.5) is 14.5 Å². The quantitative estimate of drug-likeness (QED) is 0.692. The molecule has 104 valence electrons. The zero-order valence-corrected chi connectivity index (χ0v) is 10.8. The number of benzene rings is 2. The first kappa shape index (κ1) is 14.0. The number of nitrogens with two attached hydrogens (primary N) is 1. The molecule has 3 nitrogen and oxygen atoms in total. The van der Waals surface area contributed by atoms with E-state index in [-0.39, 0.29) is 17.9 Å². The van der Waals surface area contributed by atoms with Gasteiger partial charge in [-0.05, 0) is 24.1 Å². The highest BCUT2D eigenvalue weighted by Gasteiger charge is 2.16. The minimum atomic E-state index is -1.14.